The average Bonchev–Trinajstić information content (AvgIpc) is 2.86. The summed E-state index contributed by atoms with van der Waals surface area (Å²) in [4.78, 5) is 35.4. The van der Waals surface area contributed by atoms with Crippen LogP contribution in [-0.2, 0) is 11.3 Å². The highest BCUT2D eigenvalue weighted by Crippen LogP contribution is 2.26. The molecule has 9 nitrogen and oxygen atoms in total. The average molecular weight is 326 g/mol. The lowest BCUT2D eigenvalue weighted by Crippen LogP contribution is -2.14. The molecule has 0 saturated carbocycles. The molecular weight excluding hydrogens is 312 g/mol. The molecule has 0 aromatic carbocycles. The molecule has 3 rings (SSSR count). The fourth-order valence-corrected chi connectivity index (χ4v) is 2.49. The monoisotopic (exact) mass is 326 g/mol. The van der Waals surface area contributed by atoms with Crippen molar-refractivity contribution in [3.8, 4) is 11.3 Å². The first-order valence-electron chi connectivity index (χ1n) is 7.05. The molecule has 0 fully saturated rings. The van der Waals surface area contributed by atoms with Crippen LogP contribution in [0.5, 0.6) is 0 Å². The van der Waals surface area contributed by atoms with Crippen LogP contribution in [0.4, 0.5) is 0 Å². The van der Waals surface area contributed by atoms with E-state index in [0.717, 1.165) is 0 Å². The third-order valence-corrected chi connectivity index (χ3v) is 3.50. The van der Waals surface area contributed by atoms with Crippen molar-refractivity contribution in [1.82, 2.24) is 24.7 Å². The highest BCUT2D eigenvalue weighted by atomic mass is 16.4. The number of carboxylic acids is 1. The number of aromatic nitrogens is 5. The zero-order chi connectivity index (χ0) is 17.4. The number of fused-ring (bicyclic) bond motifs is 1. The Balaban J connectivity index is 2.26. The number of carbonyl (C=O) groups excluding carboxylic acids is 1. The summed E-state index contributed by atoms with van der Waals surface area (Å²) in [6, 6.07) is 1.64. The fourth-order valence-electron chi connectivity index (χ4n) is 2.49. The molecule has 24 heavy (non-hydrogen) atoms. The molecule has 0 unspecified atom stereocenters. The maximum atomic E-state index is 11.7. The van der Waals surface area contributed by atoms with Crippen LogP contribution in [0.3, 0.4) is 0 Å². The van der Waals surface area contributed by atoms with Gasteiger partial charge >= 0.3 is 5.97 Å². The molecule has 0 aliphatic carbocycles. The molecule has 0 bridgehead atoms. The van der Waals surface area contributed by atoms with Gasteiger partial charge in [-0.05, 0) is 19.9 Å². The summed E-state index contributed by atoms with van der Waals surface area (Å²) in [6.07, 6.45) is 3.25. The lowest BCUT2D eigenvalue weighted by Gasteiger charge is -2.06. The van der Waals surface area contributed by atoms with Crippen molar-refractivity contribution < 1.29 is 14.7 Å². The van der Waals surface area contributed by atoms with Gasteiger partial charge in [-0.3, -0.25) is 19.3 Å². The number of aliphatic carboxylic acids is 1. The van der Waals surface area contributed by atoms with Gasteiger partial charge in [-0.25, -0.2) is 9.97 Å². The van der Waals surface area contributed by atoms with E-state index in [1.54, 1.807) is 32.3 Å². The minimum Gasteiger partial charge on any atom is -0.480 e. The first kappa shape index (κ1) is 15.5. The van der Waals surface area contributed by atoms with Crippen LogP contribution in [-0.4, -0.2) is 41.7 Å². The van der Waals surface area contributed by atoms with Gasteiger partial charge in [0.1, 0.15) is 12.4 Å². The lowest BCUT2D eigenvalue weighted by atomic mass is 10.1. The zero-order valence-corrected chi connectivity index (χ0v) is 13.0. The van der Waals surface area contributed by atoms with E-state index in [1.807, 2.05) is 0 Å². The number of primary amides is 1. The number of nitrogens with zero attached hydrogens (tertiary/aromatic N) is 5. The first-order chi connectivity index (χ1) is 11.4. The zero-order valence-electron chi connectivity index (χ0n) is 13.0. The van der Waals surface area contributed by atoms with E-state index < -0.39 is 11.9 Å². The normalized spacial score (nSPS) is 10.9. The predicted molar refractivity (Wildman–Crippen MR) is 84.2 cm³/mol. The molecule has 0 radical (unpaired) electrons. The molecule has 0 aliphatic rings. The van der Waals surface area contributed by atoms with Crippen molar-refractivity contribution in [1.29, 1.82) is 0 Å². The second kappa shape index (κ2) is 5.69. The minimum atomic E-state index is -1.08. The van der Waals surface area contributed by atoms with E-state index in [1.165, 1.54) is 4.68 Å². The third kappa shape index (κ3) is 2.67. The van der Waals surface area contributed by atoms with Crippen molar-refractivity contribution in [3.63, 3.8) is 0 Å². The van der Waals surface area contributed by atoms with Crippen molar-refractivity contribution in [2.75, 3.05) is 0 Å². The molecule has 122 valence electrons. The molecule has 3 aromatic heterocycles. The number of amides is 1. The molecule has 0 aliphatic heterocycles. The quantitative estimate of drug-likeness (QED) is 0.719. The fraction of sp³-hybridized carbons (Fsp3) is 0.200. The number of pyridine rings is 1. The summed E-state index contributed by atoms with van der Waals surface area (Å²) in [6.45, 7) is 3.09. The van der Waals surface area contributed by atoms with E-state index in [4.69, 9.17) is 10.8 Å². The van der Waals surface area contributed by atoms with Crippen LogP contribution >= 0.6 is 0 Å². The number of carboxylic acid groups (broad SMARTS) is 1. The summed E-state index contributed by atoms with van der Waals surface area (Å²) in [7, 11) is 0. The highest BCUT2D eigenvalue weighted by molar-refractivity contribution is 6.05. The van der Waals surface area contributed by atoms with Gasteiger partial charge < -0.3 is 10.8 Å². The van der Waals surface area contributed by atoms with Crippen molar-refractivity contribution in [2.45, 2.75) is 20.4 Å². The Kier molecular flexibility index (Phi) is 3.68. The molecule has 0 saturated heterocycles. The predicted octanol–water partition coefficient (Wildman–Crippen LogP) is 0.689. The topological polar surface area (TPSA) is 137 Å². The van der Waals surface area contributed by atoms with E-state index >= 15 is 0 Å². The summed E-state index contributed by atoms with van der Waals surface area (Å²) < 4.78 is 1.22. The summed E-state index contributed by atoms with van der Waals surface area (Å²) in [5.41, 5.74) is 7.60. The van der Waals surface area contributed by atoms with Crippen LogP contribution < -0.4 is 5.73 Å². The summed E-state index contributed by atoms with van der Waals surface area (Å²) >= 11 is 0. The highest BCUT2D eigenvalue weighted by Gasteiger charge is 2.20. The van der Waals surface area contributed by atoms with E-state index in [9.17, 15) is 9.59 Å². The summed E-state index contributed by atoms with van der Waals surface area (Å²) in [5, 5.41) is 13.5. The molecule has 0 atom stereocenters. The van der Waals surface area contributed by atoms with Gasteiger partial charge in [0, 0.05) is 23.3 Å². The number of carbonyl (C=O) groups is 2. The van der Waals surface area contributed by atoms with Crippen molar-refractivity contribution in [2.24, 2.45) is 5.73 Å². The number of aryl methyl sites for hydroxylation is 2. The Morgan fingerprint density at radius 3 is 2.50 bits per heavy atom. The SMILES string of the molecule is Cc1ncc(-c2cc3c(C(N)=O)nn(CC(=O)O)c3c(C)n2)cn1. The van der Waals surface area contributed by atoms with E-state index in [2.05, 4.69) is 20.1 Å². The Bertz CT molecular complexity index is 961. The van der Waals surface area contributed by atoms with E-state index in [-0.39, 0.29) is 12.2 Å². The Labute approximate surface area is 136 Å². The van der Waals surface area contributed by atoms with Crippen molar-refractivity contribution in [3.05, 3.63) is 35.7 Å². The Hall–Kier alpha value is -3.36. The molecule has 3 heterocycles. The maximum absolute atomic E-state index is 11.7. The minimum absolute atomic E-state index is 0.00558. The van der Waals surface area contributed by atoms with Gasteiger partial charge in [0.05, 0.1) is 16.9 Å². The second-order valence-electron chi connectivity index (χ2n) is 5.27. The van der Waals surface area contributed by atoms with Crippen LogP contribution in [0.25, 0.3) is 22.2 Å². The molecule has 1 amide bonds. The number of rotatable bonds is 4. The standard InChI is InChI=1S/C15H14N6O3/c1-7-14-10(13(15(16)24)20-21(14)6-12(22)23)3-11(19-7)9-4-17-8(2)18-5-9/h3-5H,6H2,1-2H3,(H2,16,24)(H,22,23). The Morgan fingerprint density at radius 1 is 1.25 bits per heavy atom. The summed E-state index contributed by atoms with van der Waals surface area (Å²) in [5.74, 6) is -1.18. The van der Waals surface area contributed by atoms with Gasteiger partial charge in [0.2, 0.25) is 0 Å². The van der Waals surface area contributed by atoms with Crippen LogP contribution in [0, 0.1) is 13.8 Å². The van der Waals surface area contributed by atoms with Gasteiger partial charge in [-0.1, -0.05) is 0 Å². The molecule has 3 aromatic rings. The van der Waals surface area contributed by atoms with E-state index in [0.29, 0.717) is 33.7 Å². The second-order valence-corrected chi connectivity index (χ2v) is 5.27. The lowest BCUT2D eigenvalue weighted by molar-refractivity contribution is -0.137. The maximum Gasteiger partial charge on any atom is 0.325 e. The smallest absolute Gasteiger partial charge is 0.325 e. The number of nitrogens with two attached hydrogens (primary N) is 1. The molecule has 3 N–H and O–H groups in total. The number of hydrogen-bond donors (Lipinski definition) is 2. The van der Waals surface area contributed by atoms with Crippen LogP contribution in [0.15, 0.2) is 18.5 Å². The Morgan fingerprint density at radius 2 is 1.92 bits per heavy atom. The van der Waals surface area contributed by atoms with Gasteiger partial charge in [-0.15, -0.1) is 0 Å². The molecule has 0 spiro atoms. The third-order valence-electron chi connectivity index (χ3n) is 3.50. The molecule has 9 heteroatoms. The van der Waals surface area contributed by atoms with Crippen LogP contribution in [0.1, 0.15) is 22.0 Å². The molecular formula is C15H14N6O3. The van der Waals surface area contributed by atoms with Crippen molar-refractivity contribution >= 4 is 22.8 Å². The first-order valence-corrected chi connectivity index (χ1v) is 7.05. The van der Waals surface area contributed by atoms with Gasteiger partial charge in [-0.2, -0.15) is 5.10 Å². The van der Waals surface area contributed by atoms with Crippen LogP contribution in [0.2, 0.25) is 0 Å². The largest absolute Gasteiger partial charge is 0.480 e. The van der Waals surface area contributed by atoms with Gasteiger partial charge in [0.15, 0.2) is 5.69 Å². The van der Waals surface area contributed by atoms with Gasteiger partial charge in [0.25, 0.3) is 5.91 Å². The number of hydrogen-bond acceptors (Lipinski definition) is 6.